The van der Waals surface area contributed by atoms with Gasteiger partial charge >= 0.3 is 0 Å². The Morgan fingerprint density at radius 1 is 1.33 bits per heavy atom. The maximum absolute atomic E-state index is 12.3. The van der Waals surface area contributed by atoms with Crippen LogP contribution in [0.15, 0.2) is 58.0 Å². The van der Waals surface area contributed by atoms with Crippen molar-refractivity contribution in [1.29, 1.82) is 0 Å². The van der Waals surface area contributed by atoms with E-state index in [4.69, 9.17) is 0 Å². The minimum atomic E-state index is 0.0179. The Kier molecular flexibility index (Phi) is 2.86. The molecule has 0 unspecified atom stereocenters. The third-order valence-corrected chi connectivity index (χ3v) is 4.32. The number of thiophene rings is 1. The molecule has 3 heterocycles. The average molecular weight is 295 g/mol. The van der Waals surface area contributed by atoms with Crippen molar-refractivity contribution in [3.63, 3.8) is 0 Å². The highest BCUT2D eigenvalue weighted by Crippen LogP contribution is 2.29. The minimum Gasteiger partial charge on any atom is -0.341 e. The van der Waals surface area contributed by atoms with Crippen molar-refractivity contribution in [2.24, 2.45) is 4.99 Å². The molecule has 104 valence electrons. The number of anilines is 1. The number of carbonyl (C=O) groups is 1. The van der Waals surface area contributed by atoms with Crippen molar-refractivity contribution in [2.75, 3.05) is 18.4 Å². The van der Waals surface area contributed by atoms with Crippen molar-refractivity contribution >= 4 is 28.6 Å². The van der Waals surface area contributed by atoms with Gasteiger partial charge in [0.2, 0.25) is 0 Å². The fourth-order valence-electron chi connectivity index (χ4n) is 2.63. The Hall–Kier alpha value is -2.40. The van der Waals surface area contributed by atoms with Crippen LogP contribution in [0, 0.1) is 0 Å². The lowest BCUT2D eigenvalue weighted by atomic mass is 10.1. The first kappa shape index (κ1) is 12.3. The van der Waals surface area contributed by atoms with Crippen LogP contribution in [-0.4, -0.2) is 29.6 Å². The lowest BCUT2D eigenvalue weighted by molar-refractivity contribution is 0.104. The summed E-state index contributed by atoms with van der Waals surface area (Å²) < 4.78 is 0. The summed E-state index contributed by atoms with van der Waals surface area (Å²) in [4.78, 5) is 18.9. The number of rotatable bonds is 2. The van der Waals surface area contributed by atoms with E-state index in [1.54, 1.807) is 6.08 Å². The van der Waals surface area contributed by atoms with Crippen LogP contribution in [0.5, 0.6) is 0 Å². The minimum absolute atomic E-state index is 0.0179. The molecule has 1 aromatic heterocycles. The highest BCUT2D eigenvalue weighted by atomic mass is 32.1. The maximum atomic E-state index is 12.3. The Labute approximate surface area is 126 Å². The van der Waals surface area contributed by atoms with Crippen molar-refractivity contribution in [1.82, 2.24) is 4.90 Å². The second kappa shape index (κ2) is 4.86. The molecule has 5 heteroatoms. The van der Waals surface area contributed by atoms with Crippen molar-refractivity contribution in [2.45, 2.75) is 0 Å². The van der Waals surface area contributed by atoms with Gasteiger partial charge in [-0.15, -0.1) is 0 Å². The monoisotopic (exact) mass is 295 g/mol. The first-order valence-electron chi connectivity index (χ1n) is 6.79. The van der Waals surface area contributed by atoms with Crippen LogP contribution in [-0.2, 0) is 0 Å². The Morgan fingerprint density at radius 2 is 2.24 bits per heavy atom. The molecule has 4 nitrogen and oxygen atoms in total. The molecule has 0 spiro atoms. The highest BCUT2D eigenvalue weighted by molar-refractivity contribution is 7.08. The van der Waals surface area contributed by atoms with Gasteiger partial charge in [0.1, 0.15) is 11.7 Å². The number of hydrogen-bond acceptors (Lipinski definition) is 5. The zero-order chi connectivity index (χ0) is 14.2. The largest absolute Gasteiger partial charge is 0.341 e. The van der Waals surface area contributed by atoms with Crippen molar-refractivity contribution in [3.05, 3.63) is 64.1 Å². The standard InChI is InChI=1S/C16H13N3OS/c20-14(11-5-8-21-10-11)9-15-18-13-4-2-1-3-12(13)16-17-6-7-19(15)16/h1-5,8-10,18H,6-7H2. The van der Waals surface area contributed by atoms with Crippen LogP contribution in [0.1, 0.15) is 15.9 Å². The Balaban J connectivity index is 1.75. The molecular weight excluding hydrogens is 282 g/mol. The summed E-state index contributed by atoms with van der Waals surface area (Å²) in [6.45, 7) is 1.56. The lowest BCUT2D eigenvalue weighted by Gasteiger charge is -2.31. The van der Waals surface area contributed by atoms with E-state index in [2.05, 4.69) is 21.3 Å². The molecular formula is C16H13N3OS. The zero-order valence-electron chi connectivity index (χ0n) is 11.2. The third kappa shape index (κ3) is 2.06. The van der Waals surface area contributed by atoms with Gasteiger partial charge in [-0.1, -0.05) is 12.1 Å². The number of amidine groups is 1. The predicted molar refractivity (Wildman–Crippen MR) is 84.9 cm³/mol. The quantitative estimate of drug-likeness (QED) is 0.684. The molecule has 21 heavy (non-hydrogen) atoms. The number of nitrogens with one attached hydrogen (secondary N) is 1. The highest BCUT2D eigenvalue weighted by Gasteiger charge is 2.29. The molecule has 0 saturated carbocycles. The van der Waals surface area contributed by atoms with E-state index >= 15 is 0 Å². The molecule has 2 aliphatic rings. The van der Waals surface area contributed by atoms with Gasteiger partial charge in [0.05, 0.1) is 12.2 Å². The van der Waals surface area contributed by atoms with Gasteiger partial charge in [-0.3, -0.25) is 9.79 Å². The lowest BCUT2D eigenvalue weighted by Crippen LogP contribution is -2.36. The summed E-state index contributed by atoms with van der Waals surface area (Å²) in [5.41, 5.74) is 2.82. The number of ketones is 1. The van der Waals surface area contributed by atoms with Gasteiger partial charge in [-0.25, -0.2) is 0 Å². The van der Waals surface area contributed by atoms with E-state index in [9.17, 15) is 4.79 Å². The van der Waals surface area contributed by atoms with Crippen molar-refractivity contribution < 1.29 is 4.79 Å². The molecule has 2 aliphatic heterocycles. The van der Waals surface area contributed by atoms with Gasteiger partial charge in [0.15, 0.2) is 5.78 Å². The number of fused-ring (bicyclic) bond motifs is 3. The number of aliphatic imine (C=N–C) groups is 1. The smallest absolute Gasteiger partial charge is 0.190 e. The summed E-state index contributed by atoms with van der Waals surface area (Å²) in [6.07, 6.45) is 1.67. The first-order valence-corrected chi connectivity index (χ1v) is 7.74. The Morgan fingerprint density at radius 3 is 3.10 bits per heavy atom. The van der Waals surface area contributed by atoms with Gasteiger partial charge in [-0.2, -0.15) is 11.3 Å². The molecule has 0 radical (unpaired) electrons. The SMILES string of the molecule is O=C(C=C1Nc2ccccc2C2=NCCN12)c1ccsc1. The van der Waals surface area contributed by atoms with Gasteiger partial charge < -0.3 is 10.2 Å². The van der Waals surface area contributed by atoms with Crippen LogP contribution in [0.3, 0.4) is 0 Å². The number of para-hydroxylation sites is 1. The molecule has 2 aromatic rings. The summed E-state index contributed by atoms with van der Waals surface area (Å²) in [7, 11) is 0. The molecule has 1 N–H and O–H groups in total. The van der Waals surface area contributed by atoms with E-state index in [1.807, 2.05) is 35.0 Å². The molecule has 0 fully saturated rings. The topological polar surface area (TPSA) is 44.7 Å². The third-order valence-electron chi connectivity index (χ3n) is 3.64. The van der Waals surface area contributed by atoms with E-state index in [-0.39, 0.29) is 5.78 Å². The van der Waals surface area contributed by atoms with Crippen LogP contribution in [0.4, 0.5) is 5.69 Å². The van der Waals surface area contributed by atoms with Crippen LogP contribution in [0.2, 0.25) is 0 Å². The molecule has 1 aromatic carbocycles. The van der Waals surface area contributed by atoms with Gasteiger partial charge in [0.25, 0.3) is 0 Å². The van der Waals surface area contributed by atoms with Crippen LogP contribution < -0.4 is 5.32 Å². The fourth-order valence-corrected chi connectivity index (χ4v) is 3.28. The summed E-state index contributed by atoms with van der Waals surface area (Å²) >= 11 is 1.53. The molecule has 0 bridgehead atoms. The number of hydrogen-bond donors (Lipinski definition) is 1. The number of nitrogens with zero attached hydrogens (tertiary/aromatic N) is 2. The Bertz CT molecular complexity index is 762. The molecule has 0 amide bonds. The predicted octanol–water partition coefficient (Wildman–Crippen LogP) is 2.96. The normalized spacial score (nSPS) is 18.0. The average Bonchev–Trinajstić information content (AvgIpc) is 3.19. The number of allylic oxidation sites excluding steroid dienone is 1. The van der Waals surface area contributed by atoms with Crippen LogP contribution in [0.25, 0.3) is 0 Å². The summed E-state index contributed by atoms with van der Waals surface area (Å²) in [6, 6.07) is 9.90. The van der Waals surface area contributed by atoms with Gasteiger partial charge in [0, 0.05) is 29.1 Å². The van der Waals surface area contributed by atoms with E-state index in [0.29, 0.717) is 0 Å². The molecule has 0 atom stereocenters. The van der Waals surface area contributed by atoms with Crippen molar-refractivity contribution in [3.8, 4) is 0 Å². The van der Waals surface area contributed by atoms with Gasteiger partial charge in [-0.05, 0) is 23.6 Å². The first-order chi connectivity index (χ1) is 10.3. The number of benzene rings is 1. The second-order valence-corrected chi connectivity index (χ2v) is 5.71. The molecule has 0 saturated heterocycles. The van der Waals surface area contributed by atoms with E-state index in [1.165, 1.54) is 11.3 Å². The summed E-state index contributed by atoms with van der Waals surface area (Å²) in [5.74, 6) is 1.78. The molecule has 0 aliphatic carbocycles. The second-order valence-electron chi connectivity index (χ2n) is 4.93. The number of carbonyl (C=O) groups excluding carboxylic acids is 1. The maximum Gasteiger partial charge on any atom is 0.190 e. The van der Waals surface area contributed by atoms with Crippen LogP contribution >= 0.6 is 11.3 Å². The summed E-state index contributed by atoms with van der Waals surface area (Å²) in [5, 5.41) is 7.13. The van der Waals surface area contributed by atoms with E-state index < -0.39 is 0 Å². The molecule has 4 rings (SSSR count). The fraction of sp³-hybridized carbons (Fsp3) is 0.125. The zero-order valence-corrected chi connectivity index (χ0v) is 12.1. The van der Waals surface area contributed by atoms with E-state index in [0.717, 1.165) is 41.6 Å².